The zero-order valence-electron chi connectivity index (χ0n) is 19.5. The molecule has 2 aliphatic rings. The molecule has 0 radical (unpaired) electrons. The van der Waals surface area contributed by atoms with Crippen molar-refractivity contribution in [3.63, 3.8) is 0 Å². The lowest BCUT2D eigenvalue weighted by Crippen LogP contribution is -2.28. The Hall–Kier alpha value is -2.25. The second kappa shape index (κ2) is 11.3. The Labute approximate surface area is 201 Å². The number of fused-ring (bicyclic) bond motifs is 2. The number of rotatable bonds is 11. The summed E-state index contributed by atoms with van der Waals surface area (Å²) in [5.41, 5.74) is 3.12. The average Bonchev–Trinajstić information content (AvgIpc) is 3.58. The zero-order chi connectivity index (χ0) is 23.2. The number of hydrogen-bond acceptors (Lipinski definition) is 6. The number of carbonyl (C=O) groups is 1. The number of aromatic nitrogens is 1. The molecule has 33 heavy (non-hydrogen) atoms. The van der Waals surface area contributed by atoms with Gasteiger partial charge in [0.15, 0.2) is 0 Å². The first-order valence-corrected chi connectivity index (χ1v) is 12.5. The van der Waals surface area contributed by atoms with Crippen LogP contribution in [-0.2, 0) is 27.1 Å². The number of hydrogen-bond donors (Lipinski definition) is 1. The van der Waals surface area contributed by atoms with Crippen LogP contribution in [0.5, 0.6) is 0 Å². The van der Waals surface area contributed by atoms with E-state index in [4.69, 9.17) is 31.1 Å². The van der Waals surface area contributed by atoms with Gasteiger partial charge in [0, 0.05) is 18.9 Å². The van der Waals surface area contributed by atoms with Crippen molar-refractivity contribution in [2.24, 2.45) is 5.92 Å². The van der Waals surface area contributed by atoms with Crippen LogP contribution in [0.2, 0.25) is 0 Å². The molecule has 178 valence electrons. The molecule has 7 heteroatoms. The van der Waals surface area contributed by atoms with E-state index in [1.165, 1.54) is 25.5 Å². The van der Waals surface area contributed by atoms with Gasteiger partial charge in [-0.25, -0.2) is 4.98 Å². The normalized spacial score (nSPS) is 23.6. The summed E-state index contributed by atoms with van der Waals surface area (Å²) in [6, 6.07) is 8.53. The Bertz CT molecular complexity index is 942. The summed E-state index contributed by atoms with van der Waals surface area (Å²) in [6.45, 7) is 3.06. The van der Waals surface area contributed by atoms with Gasteiger partial charge in [-0.3, -0.25) is 4.79 Å². The molecule has 0 spiro atoms. The van der Waals surface area contributed by atoms with E-state index in [9.17, 15) is 4.79 Å². The van der Waals surface area contributed by atoms with E-state index in [0.717, 1.165) is 43.7 Å². The maximum atomic E-state index is 11.4. The lowest BCUT2D eigenvalue weighted by molar-refractivity contribution is -0.140. The fourth-order valence-electron chi connectivity index (χ4n) is 5.05. The van der Waals surface area contributed by atoms with Crippen molar-refractivity contribution in [1.29, 1.82) is 0 Å². The van der Waals surface area contributed by atoms with Crippen molar-refractivity contribution in [2.75, 3.05) is 13.7 Å². The molecule has 0 saturated carbocycles. The first-order chi connectivity index (χ1) is 16.1. The van der Waals surface area contributed by atoms with E-state index in [1.54, 1.807) is 6.26 Å². The van der Waals surface area contributed by atoms with Crippen molar-refractivity contribution in [1.82, 2.24) is 10.3 Å². The summed E-state index contributed by atoms with van der Waals surface area (Å²) in [5, 5.41) is 3.30. The van der Waals surface area contributed by atoms with E-state index in [0.29, 0.717) is 29.4 Å². The molecule has 2 aliphatic heterocycles. The second-order valence-corrected chi connectivity index (χ2v) is 9.52. The summed E-state index contributed by atoms with van der Waals surface area (Å²) in [6.07, 6.45) is 9.73. The minimum absolute atomic E-state index is 0.152. The molecule has 6 nitrogen and oxygen atoms in total. The quantitative estimate of drug-likeness (QED) is 0.289. The van der Waals surface area contributed by atoms with E-state index in [-0.39, 0.29) is 24.1 Å². The number of nitrogens with one attached hydrogen (secondary N) is 1. The van der Waals surface area contributed by atoms with Gasteiger partial charge in [0.25, 0.3) is 0 Å². The first-order valence-electron chi connectivity index (χ1n) is 12.1. The van der Waals surface area contributed by atoms with Crippen LogP contribution in [0.15, 0.2) is 34.9 Å². The summed E-state index contributed by atoms with van der Waals surface area (Å²) >= 11 is 5.52. The highest BCUT2D eigenvalue weighted by molar-refractivity contribution is 7.80. The highest BCUT2D eigenvalue weighted by Crippen LogP contribution is 2.49. The van der Waals surface area contributed by atoms with E-state index >= 15 is 0 Å². The second-order valence-electron chi connectivity index (χ2n) is 9.11. The van der Waals surface area contributed by atoms with Crippen LogP contribution in [0.3, 0.4) is 0 Å². The fourth-order valence-corrected chi connectivity index (χ4v) is 5.25. The molecule has 1 aromatic carbocycles. The molecule has 2 saturated heterocycles. The molecule has 2 aromatic rings. The Morgan fingerprint density at radius 3 is 2.70 bits per heavy atom. The van der Waals surface area contributed by atoms with Gasteiger partial charge in [0.2, 0.25) is 5.89 Å². The number of nitrogens with zero attached hydrogens (tertiary/aromatic N) is 1. The summed E-state index contributed by atoms with van der Waals surface area (Å²) in [5.74, 6) is 1.05. The molecule has 3 heterocycles. The summed E-state index contributed by atoms with van der Waals surface area (Å²) in [7, 11) is 1.42. The molecule has 2 fully saturated rings. The number of unbranched alkanes of at least 4 members (excludes halogenated alkanes) is 2. The number of methoxy groups -OCH3 is 1. The first kappa shape index (κ1) is 23.9. The smallest absolute Gasteiger partial charge is 0.305 e. The number of thiocarbonyl (C=S) groups is 1. The van der Waals surface area contributed by atoms with E-state index < -0.39 is 0 Å². The fraction of sp³-hybridized carbons (Fsp3) is 0.577. The van der Waals surface area contributed by atoms with Crippen LogP contribution in [0.4, 0.5) is 0 Å². The van der Waals surface area contributed by atoms with Crippen LogP contribution in [-0.4, -0.2) is 41.8 Å². The summed E-state index contributed by atoms with van der Waals surface area (Å²) < 4.78 is 17.0. The van der Waals surface area contributed by atoms with Crippen LogP contribution >= 0.6 is 12.2 Å². The van der Waals surface area contributed by atoms with Gasteiger partial charge >= 0.3 is 5.97 Å². The number of carbonyl (C=O) groups excluding carboxylic acids is 1. The third-order valence-corrected chi connectivity index (χ3v) is 7.22. The van der Waals surface area contributed by atoms with Gasteiger partial charge in [-0.1, -0.05) is 56.2 Å². The van der Waals surface area contributed by atoms with E-state index in [1.807, 2.05) is 0 Å². The van der Waals surface area contributed by atoms with Crippen LogP contribution in [0, 0.1) is 5.92 Å². The molecule has 1 N–H and O–H groups in total. The molecule has 4 rings (SSSR count). The molecule has 4 atom stereocenters. The topological polar surface area (TPSA) is 73.6 Å². The van der Waals surface area contributed by atoms with Crippen LogP contribution in [0.1, 0.15) is 74.1 Å². The van der Waals surface area contributed by atoms with Crippen molar-refractivity contribution in [2.45, 2.75) is 76.4 Å². The standard InChI is InChI=1S/C26H34N2O4S/c1-3-4-5-14-27-26(33)20-16-31-25(28-20)24-19(21-11-12-22(24)32-21)15-18-8-6-17(7-9-18)10-13-23(29)30-2/h6-9,16,19,21-22,24H,3-5,10-15H2,1-2H3,(H,27,33). The predicted molar refractivity (Wildman–Crippen MR) is 130 cm³/mol. The monoisotopic (exact) mass is 470 g/mol. The van der Waals surface area contributed by atoms with Gasteiger partial charge in [-0.15, -0.1) is 0 Å². The molecule has 2 bridgehead atoms. The van der Waals surface area contributed by atoms with Crippen LogP contribution in [0.25, 0.3) is 0 Å². The van der Waals surface area contributed by atoms with Gasteiger partial charge in [0.05, 0.1) is 25.2 Å². The molecule has 0 amide bonds. The number of ether oxygens (including phenoxy) is 2. The van der Waals surface area contributed by atoms with Gasteiger partial charge in [0.1, 0.15) is 16.9 Å². The zero-order valence-corrected chi connectivity index (χ0v) is 20.4. The predicted octanol–water partition coefficient (Wildman–Crippen LogP) is 4.74. The maximum Gasteiger partial charge on any atom is 0.305 e. The summed E-state index contributed by atoms with van der Waals surface area (Å²) in [4.78, 5) is 16.8. The highest BCUT2D eigenvalue weighted by atomic mass is 32.1. The SMILES string of the molecule is CCCCCNC(=S)c1coc(C2C3CCC(O3)C2Cc2ccc(CCC(=O)OC)cc2)n1. The Kier molecular flexibility index (Phi) is 8.15. The molecule has 1 aromatic heterocycles. The Balaban J connectivity index is 1.39. The van der Waals surface area contributed by atoms with Crippen molar-refractivity contribution >= 4 is 23.2 Å². The van der Waals surface area contributed by atoms with E-state index in [2.05, 4.69) is 36.5 Å². The third kappa shape index (κ3) is 5.82. The molecule has 4 unspecified atom stereocenters. The average molecular weight is 471 g/mol. The van der Waals surface area contributed by atoms with Crippen molar-refractivity contribution in [3.05, 3.63) is 53.2 Å². The van der Waals surface area contributed by atoms with Crippen molar-refractivity contribution in [3.8, 4) is 0 Å². The van der Waals surface area contributed by atoms with Gasteiger partial charge < -0.3 is 19.2 Å². The molecule has 0 aliphatic carbocycles. The lowest BCUT2D eigenvalue weighted by Gasteiger charge is -2.25. The van der Waals surface area contributed by atoms with Crippen molar-refractivity contribution < 1.29 is 18.7 Å². The van der Waals surface area contributed by atoms with Gasteiger partial charge in [-0.2, -0.15) is 0 Å². The highest BCUT2D eigenvalue weighted by Gasteiger charge is 2.51. The molecular weight excluding hydrogens is 436 g/mol. The minimum atomic E-state index is -0.179. The van der Waals surface area contributed by atoms with Crippen LogP contribution < -0.4 is 5.32 Å². The molecular formula is C26H34N2O4S. The Morgan fingerprint density at radius 2 is 1.94 bits per heavy atom. The number of oxazole rings is 1. The Morgan fingerprint density at radius 1 is 1.18 bits per heavy atom. The third-order valence-electron chi connectivity index (χ3n) is 6.87. The van der Waals surface area contributed by atoms with Gasteiger partial charge in [-0.05, 0) is 43.2 Å². The minimum Gasteiger partial charge on any atom is -0.469 e. The maximum absolute atomic E-state index is 11.4. The largest absolute Gasteiger partial charge is 0.469 e. The number of esters is 1. The number of benzene rings is 1. The number of aryl methyl sites for hydroxylation is 1. The lowest BCUT2D eigenvalue weighted by atomic mass is 9.76.